The van der Waals surface area contributed by atoms with Gasteiger partial charge in [0.25, 0.3) is 40.1 Å². The van der Waals surface area contributed by atoms with Gasteiger partial charge in [0, 0.05) is 87.5 Å². The highest BCUT2D eigenvalue weighted by atomic mass is 32.2. The van der Waals surface area contributed by atoms with Crippen molar-refractivity contribution >= 4 is 137 Å². The average molecular weight is 2100 g/mol. The standard InChI is InChI=1S/C82H109N14O33P5S4/c1-60-18-29-74(30-19-60)135(112,113)92-131(108,121-47-12-46-97)125-55-73(90-81(104)40-41-82(105)106)58-129-134(111,95-138(118,119)77-35-26-67(27-36-77)86-63(4)100)128-56-71(88-79(102)38-23-65-16-10-7-11-17-65)53-123-130(107,91-68-42-44-96(5)45-43-68)120-48-13-49-122-132(109,93-136(114,115)75-31-20-61(2)21-32-75)126-54-72(89-80(103)39-28-69-50-83-59-84-69)57-127-133(110,94-137(116,117)76-33-24-66(25-34-76)85-62(3)99)124-52-70(51-98)87-78(101)37-22-64-14-8-6-9-15-64/h6-11,14-21,24-27,29-36,42-45,50,59,70-73,97-98H,12-13,22-23,28,37-41,46-49,51-58H2,1-5H3,(H12-,83,84,85,86,87,88,89,90,99,100,101,102,103,104,105,106,107,108,109,110,111). The van der Waals surface area contributed by atoms with E-state index in [1.165, 1.54) is 87.3 Å². The number of sulfonamides is 4. The van der Waals surface area contributed by atoms with Crippen molar-refractivity contribution in [2.45, 2.75) is 136 Å². The molecule has 9 atom stereocenters. The van der Waals surface area contributed by atoms with E-state index in [0.717, 1.165) is 66.2 Å². The van der Waals surface area contributed by atoms with Crippen LogP contribution in [0.1, 0.15) is 86.7 Å². The van der Waals surface area contributed by atoms with Crippen LogP contribution in [0.3, 0.4) is 0 Å². The molecule has 0 aliphatic carbocycles. The Morgan fingerprint density at radius 3 is 1.07 bits per heavy atom. The van der Waals surface area contributed by atoms with Crippen LogP contribution >= 0.6 is 38.7 Å². The number of aliphatic carboxylic acids is 1. The minimum absolute atomic E-state index is 0.00729. The lowest BCUT2D eigenvalue weighted by atomic mass is 10.1. The molecule has 9 unspecified atom stereocenters. The summed E-state index contributed by atoms with van der Waals surface area (Å²) in [4.78, 5) is 157. The molecule has 0 fully saturated rings. The van der Waals surface area contributed by atoms with E-state index in [-0.39, 0.29) is 62.0 Å². The van der Waals surface area contributed by atoms with Crippen molar-refractivity contribution < 1.29 is 157 Å². The van der Waals surface area contributed by atoms with E-state index in [9.17, 15) is 107 Å². The number of carboxylic acid groups (broad SMARTS) is 1. The maximum absolute atomic E-state index is 14.5. The SMILES string of the molecule is CC(=O)Nc1ccc(S(=O)(=O)N=P(O)(OCC(CO)NC(=O)CCc2ccccc2)OCC(COP(O)(=NS(=O)(=O)c2ccc(C)cc2)OCCCOP(O)(=Nc2cc[n+](C)cc2)OCC(COP(O)(=NS(=O)(=O)c2ccc(NC(C)=O)cc2)OCC(COP(O)(=NS(=O)(=O)c2ccc(C)cc2)OCCCO)NC(=O)CCC(=O)[O-])NC(=O)CCc2ccccc2)NC(=O)CCc2cnc[nH]2)cc1. The quantitative estimate of drug-likeness (QED) is 0.0104. The number of aliphatic hydroxyl groups excluding tert-OH is 2. The molecule has 0 saturated heterocycles. The first-order valence-electron chi connectivity index (χ1n) is 42.0. The summed E-state index contributed by atoms with van der Waals surface area (Å²) in [5.74, 6) is -6.10. The number of amides is 6. The summed E-state index contributed by atoms with van der Waals surface area (Å²) in [5, 5.41) is 46.6. The minimum atomic E-state index is -5.59. The van der Waals surface area contributed by atoms with Gasteiger partial charge in [-0.15, -0.1) is 0 Å². The van der Waals surface area contributed by atoms with E-state index in [1.54, 1.807) is 86.1 Å². The third kappa shape index (κ3) is 40.8. The normalized spacial score (nSPS) is 14.9. The fourth-order valence-electron chi connectivity index (χ4n) is 11.5. The number of carboxylic acids is 1. The third-order valence-corrected chi connectivity index (χ3v) is 34.1. The average Bonchev–Trinajstić information content (AvgIpc) is 0.856. The molecule has 0 spiro atoms. The Balaban J connectivity index is 1.12. The molecule has 56 heteroatoms. The van der Waals surface area contributed by atoms with E-state index in [1.807, 2.05) is 0 Å². The summed E-state index contributed by atoms with van der Waals surface area (Å²) in [6.07, 6.45) is 2.89. The molecule has 138 heavy (non-hydrogen) atoms. The molecule has 0 aliphatic heterocycles. The van der Waals surface area contributed by atoms with E-state index in [0.29, 0.717) is 22.4 Å². The zero-order chi connectivity index (χ0) is 101. The Bertz CT molecular complexity index is 6200. The Morgan fingerprint density at radius 1 is 0.413 bits per heavy atom. The van der Waals surface area contributed by atoms with Crippen LogP contribution in [-0.2, 0) is 145 Å². The van der Waals surface area contributed by atoms with Crippen LogP contribution < -0.4 is 41.6 Å². The van der Waals surface area contributed by atoms with Crippen LogP contribution in [0.2, 0.25) is 0 Å². The Kier molecular flexibility index (Phi) is 44.7. The minimum Gasteiger partial charge on any atom is -0.550 e. The zero-order valence-corrected chi connectivity index (χ0v) is 82.8. The zero-order valence-electron chi connectivity index (χ0n) is 75.1. The third-order valence-electron chi connectivity index (χ3n) is 18.5. The smallest absolute Gasteiger partial charge is 0.368 e. The largest absolute Gasteiger partial charge is 0.550 e. The number of carbonyl (C=O) groups excluding carboxylic acids is 7. The number of carbonyl (C=O) groups is 7. The monoisotopic (exact) mass is 2100 g/mol. The number of benzene rings is 6. The van der Waals surface area contributed by atoms with Crippen LogP contribution in [0.5, 0.6) is 0 Å². The molecule has 47 nitrogen and oxygen atoms in total. The highest BCUT2D eigenvalue weighted by molar-refractivity contribution is 7.94. The number of aromatic nitrogens is 3. The first kappa shape index (κ1) is 114. The second-order valence-corrected chi connectivity index (χ2v) is 46.2. The lowest BCUT2D eigenvalue weighted by Gasteiger charge is -2.27. The van der Waals surface area contributed by atoms with Crippen LogP contribution in [-0.4, -0.2) is 223 Å². The highest BCUT2D eigenvalue weighted by Crippen LogP contribution is 2.55. The van der Waals surface area contributed by atoms with Gasteiger partial charge in [0.15, 0.2) is 12.4 Å². The number of hydrogen-bond donors (Lipinski definition) is 14. The highest BCUT2D eigenvalue weighted by Gasteiger charge is 2.37. The Labute approximate surface area is 797 Å². The molecule has 6 aromatic carbocycles. The molecular weight excluding hydrogens is 1990 g/mol. The summed E-state index contributed by atoms with van der Waals surface area (Å²) in [6.45, 7) is -5.47. The number of nitrogens with zero attached hydrogens (tertiary/aromatic N) is 7. The molecule has 2 aromatic heterocycles. The van der Waals surface area contributed by atoms with E-state index < -0.39 is 262 Å². The maximum Gasteiger partial charge on any atom is 0.368 e. The number of aryl methyl sites for hydroxylation is 6. The first-order chi connectivity index (χ1) is 65.2. The molecule has 754 valence electrons. The van der Waals surface area contributed by atoms with Gasteiger partial charge in [0.05, 0.1) is 128 Å². The molecule has 8 aromatic rings. The Morgan fingerprint density at radius 2 is 0.732 bits per heavy atom. The Hall–Kier alpha value is -9.76. The summed E-state index contributed by atoms with van der Waals surface area (Å²) in [5.41, 5.74) is 3.35. The van der Waals surface area contributed by atoms with Crippen LogP contribution in [0.25, 0.3) is 0 Å². The van der Waals surface area contributed by atoms with E-state index in [2.05, 4.69) is 63.2 Å². The lowest BCUT2D eigenvalue weighted by Crippen LogP contribution is -2.42. The number of aromatic amines is 1. The van der Waals surface area contributed by atoms with Crippen molar-refractivity contribution in [2.75, 3.05) is 89.9 Å². The number of anilines is 2. The first-order valence-corrected chi connectivity index (χ1v) is 55.4. The topological polar surface area (TPSA) is 680 Å². The summed E-state index contributed by atoms with van der Waals surface area (Å²) < 4.78 is 192. The second kappa shape index (κ2) is 54.3. The number of pyridine rings is 1. The van der Waals surface area contributed by atoms with Gasteiger partial charge in [0.2, 0.25) is 35.4 Å². The van der Waals surface area contributed by atoms with Gasteiger partial charge in [-0.2, -0.15) is 38.4 Å². The molecule has 0 bridgehead atoms. The van der Waals surface area contributed by atoms with Crippen molar-refractivity contribution in [3.8, 4) is 0 Å². The maximum atomic E-state index is 14.5. The number of hydrogen-bond acceptors (Lipinski definition) is 30. The van der Waals surface area contributed by atoms with Gasteiger partial charge < -0.3 is 99.6 Å². The van der Waals surface area contributed by atoms with Gasteiger partial charge in [0.1, 0.15) is 7.05 Å². The van der Waals surface area contributed by atoms with Crippen molar-refractivity contribution in [2.24, 2.45) is 28.4 Å². The predicted octanol–water partition coefficient (Wildman–Crippen LogP) is 6.95. The molecule has 14 N–H and O–H groups in total. The molecule has 0 radical (unpaired) electrons. The van der Waals surface area contributed by atoms with Crippen molar-refractivity contribution in [3.63, 3.8) is 0 Å². The van der Waals surface area contributed by atoms with Crippen molar-refractivity contribution in [3.05, 3.63) is 223 Å². The number of aliphatic hydroxyl groups is 2. The van der Waals surface area contributed by atoms with Gasteiger partial charge in [-0.25, -0.2) is 9.55 Å². The van der Waals surface area contributed by atoms with E-state index >= 15 is 0 Å². The van der Waals surface area contributed by atoms with Crippen LogP contribution in [0, 0.1) is 13.8 Å². The van der Waals surface area contributed by atoms with Crippen molar-refractivity contribution in [1.82, 2.24) is 31.2 Å². The van der Waals surface area contributed by atoms with Crippen molar-refractivity contribution in [1.29, 1.82) is 0 Å². The fraction of sp³-hybridized carbons (Fsp3) is 0.378. The molecular formula is C82H109N14O33P5S4. The number of imidazole rings is 1. The van der Waals surface area contributed by atoms with E-state index in [4.69, 9.17) is 45.2 Å². The van der Waals surface area contributed by atoms with Gasteiger partial charge in [-0.05, 0) is 136 Å². The summed E-state index contributed by atoms with van der Waals surface area (Å²) in [6, 6.07) is 32.4. The molecule has 8 rings (SSSR count). The fourth-order valence-corrected chi connectivity index (χ4v) is 25.4. The number of rotatable bonds is 59. The number of H-pyrrole nitrogens is 1. The summed E-state index contributed by atoms with van der Waals surface area (Å²) in [7, 11) is -44.8. The molecule has 6 amide bonds. The van der Waals surface area contributed by atoms with Crippen LogP contribution in [0.15, 0.2) is 236 Å². The van der Waals surface area contributed by atoms with Gasteiger partial charge >= 0.3 is 38.7 Å². The molecule has 2 heterocycles. The molecule has 0 saturated carbocycles. The van der Waals surface area contributed by atoms with Crippen LogP contribution in [0.4, 0.5) is 17.1 Å². The predicted molar refractivity (Wildman–Crippen MR) is 499 cm³/mol. The second-order valence-electron chi connectivity index (χ2n) is 30.2. The lowest BCUT2D eigenvalue weighted by molar-refractivity contribution is -0.671. The van der Waals surface area contributed by atoms with Gasteiger partial charge in [-0.3, -0.25) is 55.9 Å². The number of nitrogens with one attached hydrogen (secondary N) is 7. The van der Waals surface area contributed by atoms with Gasteiger partial charge in [-0.1, -0.05) is 113 Å². The molecule has 0 aliphatic rings. The summed E-state index contributed by atoms with van der Waals surface area (Å²) >= 11 is 0.